The molecule has 21 nitrogen and oxygen atoms in total. The SMILES string of the molecule is CC[C@]1(O)C[C@H]2CN(CCc3c([nH]c4ccccc34)[C@@](C(=O)OC)(c3cc4c(cc3OC)N(C=O)[C@H]3[C@@](O)(C(=O)OC)[C@H](OC(C)=O)[C@]5(CC)C=CCN6CC[C@]43[C@@H]65)C2)C1.O=c1[nH]c(=O)n([C@H]2C[C@H](O)[C@@H](CO)O2)cc1F. The summed E-state index contributed by atoms with van der Waals surface area (Å²) < 4.78 is 42.7. The third-order valence-corrected chi connectivity index (χ3v) is 18.1. The number of aliphatic hydroxyl groups excluding tert-OH is 2. The summed E-state index contributed by atoms with van der Waals surface area (Å²) in [6.07, 6.45) is 3.93. The van der Waals surface area contributed by atoms with E-state index in [1.54, 1.807) is 11.1 Å². The first-order chi connectivity index (χ1) is 36.8. The number of hydrogen-bond donors (Lipinski definition) is 6. The van der Waals surface area contributed by atoms with Crippen LogP contribution in [0.1, 0.15) is 87.9 Å². The van der Waals surface area contributed by atoms with Gasteiger partial charge in [0.2, 0.25) is 17.8 Å². The first-order valence-corrected chi connectivity index (χ1v) is 26.2. The van der Waals surface area contributed by atoms with Crippen molar-refractivity contribution in [3.8, 4) is 5.75 Å². The second-order valence-electron chi connectivity index (χ2n) is 21.9. The minimum atomic E-state index is -2.53. The lowest BCUT2D eigenvalue weighted by Crippen LogP contribution is -2.81. The number of aromatic nitrogens is 3. The standard InChI is InChI=1S/C46H56N4O10.C9H11FN2O5/c1-7-42(55)22-28-23-45(40(53)58-5,36-30(14-18-48(24-28)25-42)29-12-9-10-13-33(29)47-36)32-20-31-34(21-35(32)57-4)50(26-51)38-44(31)16-19-49-17-11-15-43(8-2,37(44)49)39(60-27(3)52)46(38,56)41(54)59-6;10-4-2-12(9(16)11-8(4)15)7-1-5(14)6(3-13)17-7/h9-13,15,20-21,26,28,37-39,47,55-56H,7-8,14,16-19,22-25H2,1-6H3;2,5-7,13-14H,1,3H2,(H,11,15,16)/t28-,37+,38-,39-,42+,43-,44-,45+,46+;5-,6+,7+/m10/s1. The van der Waals surface area contributed by atoms with Crippen molar-refractivity contribution in [2.45, 2.75) is 124 Å². The van der Waals surface area contributed by atoms with E-state index in [1.807, 2.05) is 50.3 Å². The maximum Gasteiger partial charge on any atom is 0.344 e. The van der Waals surface area contributed by atoms with Gasteiger partial charge in [0, 0.05) is 84.6 Å². The summed E-state index contributed by atoms with van der Waals surface area (Å²) in [4.78, 5) is 90.1. The van der Waals surface area contributed by atoms with Gasteiger partial charge in [-0.3, -0.25) is 38.5 Å². The van der Waals surface area contributed by atoms with E-state index >= 15 is 4.79 Å². The molecule has 1 spiro atoms. The Morgan fingerprint density at radius 3 is 2.39 bits per heavy atom. The van der Waals surface area contributed by atoms with Crippen LogP contribution in [0.3, 0.4) is 0 Å². The summed E-state index contributed by atoms with van der Waals surface area (Å²) in [5.74, 6) is -3.18. The smallest absolute Gasteiger partial charge is 0.344 e. The Labute approximate surface area is 442 Å². The van der Waals surface area contributed by atoms with Crippen LogP contribution in [0.2, 0.25) is 0 Å². The summed E-state index contributed by atoms with van der Waals surface area (Å²) in [6.45, 7) is 7.76. The van der Waals surface area contributed by atoms with Crippen molar-refractivity contribution in [2.75, 3.05) is 65.6 Å². The predicted octanol–water partition coefficient (Wildman–Crippen LogP) is 1.83. The minimum Gasteiger partial charge on any atom is -0.496 e. The van der Waals surface area contributed by atoms with E-state index in [2.05, 4.69) is 20.9 Å². The molecule has 8 heterocycles. The van der Waals surface area contributed by atoms with Crippen LogP contribution in [0, 0.1) is 17.2 Å². The van der Waals surface area contributed by atoms with Crippen molar-refractivity contribution in [3.05, 3.63) is 104 Å². The summed E-state index contributed by atoms with van der Waals surface area (Å²) >= 11 is 0. The van der Waals surface area contributed by atoms with E-state index < -0.39 is 106 Å². The number of nitrogens with zero attached hydrogens (tertiary/aromatic N) is 4. The molecule has 6 aliphatic heterocycles. The number of para-hydroxylation sites is 1. The van der Waals surface area contributed by atoms with Crippen molar-refractivity contribution in [1.29, 1.82) is 0 Å². The molecule has 13 atom stereocenters. The molecule has 7 aliphatic rings. The Morgan fingerprint density at radius 2 is 1.73 bits per heavy atom. The van der Waals surface area contributed by atoms with Gasteiger partial charge in [-0.1, -0.05) is 44.2 Å². The van der Waals surface area contributed by atoms with E-state index in [9.17, 15) is 43.7 Å². The van der Waals surface area contributed by atoms with Gasteiger partial charge in [-0.25, -0.2) is 9.59 Å². The molecule has 414 valence electrons. The molecule has 1 unspecified atom stereocenters. The highest BCUT2D eigenvalue weighted by molar-refractivity contribution is 5.96. The number of carbonyl (C=O) groups is 4. The second-order valence-corrected chi connectivity index (χ2v) is 21.9. The number of aromatic amines is 2. The van der Waals surface area contributed by atoms with Gasteiger partial charge >= 0.3 is 23.6 Å². The molecule has 2 bridgehead atoms. The molecule has 2 aromatic carbocycles. The van der Waals surface area contributed by atoms with Gasteiger partial charge < -0.3 is 54.0 Å². The maximum absolute atomic E-state index is 15.3. The molecule has 2 aromatic heterocycles. The fourth-order valence-corrected chi connectivity index (χ4v) is 15.1. The fourth-order valence-electron chi connectivity index (χ4n) is 15.1. The molecule has 1 aliphatic carbocycles. The number of fused-ring (bicyclic) bond motifs is 6. The lowest BCUT2D eigenvalue weighted by atomic mass is 9.47. The summed E-state index contributed by atoms with van der Waals surface area (Å²) in [5, 5.41) is 44.6. The zero-order valence-corrected chi connectivity index (χ0v) is 44.0. The molecule has 3 saturated heterocycles. The number of benzene rings is 2. The molecule has 22 heteroatoms. The van der Waals surface area contributed by atoms with Gasteiger partial charge in [-0.2, -0.15) is 4.39 Å². The topological polar surface area (TPSA) is 276 Å². The first kappa shape index (κ1) is 54.1. The van der Waals surface area contributed by atoms with E-state index in [-0.39, 0.29) is 18.8 Å². The van der Waals surface area contributed by atoms with E-state index in [0.29, 0.717) is 99.5 Å². The number of methoxy groups -OCH3 is 3. The van der Waals surface area contributed by atoms with Crippen LogP contribution in [-0.2, 0) is 55.4 Å². The number of nitrogens with one attached hydrogen (secondary N) is 2. The molecule has 77 heavy (non-hydrogen) atoms. The number of aliphatic hydroxyl groups is 4. The van der Waals surface area contributed by atoms with Crippen LogP contribution in [0.5, 0.6) is 5.75 Å². The van der Waals surface area contributed by atoms with Crippen LogP contribution < -0.4 is 20.9 Å². The van der Waals surface area contributed by atoms with Crippen LogP contribution >= 0.6 is 0 Å². The highest BCUT2D eigenvalue weighted by Gasteiger charge is 2.81. The average molecular weight is 1070 g/mol. The van der Waals surface area contributed by atoms with Crippen molar-refractivity contribution < 1.29 is 67.7 Å². The van der Waals surface area contributed by atoms with Crippen LogP contribution in [0.15, 0.2) is 64.3 Å². The first-order valence-electron chi connectivity index (χ1n) is 26.2. The van der Waals surface area contributed by atoms with Crippen LogP contribution in [-0.4, -0.2) is 171 Å². The summed E-state index contributed by atoms with van der Waals surface area (Å²) in [5.41, 5.74) is -5.09. The Bertz CT molecular complexity index is 3160. The summed E-state index contributed by atoms with van der Waals surface area (Å²) in [7, 11) is 4.09. The predicted molar refractivity (Wildman–Crippen MR) is 273 cm³/mol. The lowest BCUT2D eigenvalue weighted by Gasteiger charge is -2.63. The van der Waals surface area contributed by atoms with Gasteiger partial charge in [0.1, 0.15) is 23.5 Å². The number of carbonyl (C=O) groups excluding carboxylic acids is 4. The fraction of sp³-hybridized carbons (Fsp3) is 0.564. The van der Waals surface area contributed by atoms with Crippen molar-refractivity contribution in [2.24, 2.45) is 11.3 Å². The Morgan fingerprint density at radius 1 is 0.974 bits per heavy atom. The van der Waals surface area contributed by atoms with Gasteiger partial charge in [-0.05, 0) is 74.2 Å². The number of hydrogen-bond acceptors (Lipinski definition) is 17. The number of halogens is 1. The van der Waals surface area contributed by atoms with Crippen LogP contribution in [0.25, 0.3) is 10.9 Å². The molecule has 4 fully saturated rings. The zero-order valence-electron chi connectivity index (χ0n) is 44.0. The van der Waals surface area contributed by atoms with Gasteiger partial charge in [0.15, 0.2) is 6.10 Å². The van der Waals surface area contributed by atoms with Crippen molar-refractivity contribution >= 4 is 40.9 Å². The monoisotopic (exact) mass is 1070 g/mol. The number of rotatable bonds is 10. The molecule has 1 amide bonds. The quantitative estimate of drug-likeness (QED) is 0.0572. The molecule has 1 saturated carbocycles. The Hall–Kier alpha value is -6.27. The zero-order chi connectivity index (χ0) is 55.1. The van der Waals surface area contributed by atoms with E-state index in [0.717, 1.165) is 27.2 Å². The maximum atomic E-state index is 15.3. The number of piperidine rings is 1. The Balaban J connectivity index is 0.000000336. The van der Waals surface area contributed by atoms with Crippen molar-refractivity contribution in [1.82, 2.24) is 24.3 Å². The van der Waals surface area contributed by atoms with E-state index in [1.165, 1.54) is 33.2 Å². The highest BCUT2D eigenvalue weighted by Crippen LogP contribution is 2.68. The molecule has 6 N–H and O–H groups in total. The highest BCUT2D eigenvalue weighted by atomic mass is 19.1. The number of H-pyrrole nitrogens is 2. The second kappa shape index (κ2) is 19.9. The lowest BCUT2D eigenvalue weighted by molar-refractivity contribution is -0.228. The van der Waals surface area contributed by atoms with Crippen molar-refractivity contribution in [3.63, 3.8) is 0 Å². The number of ether oxygens (including phenoxy) is 5. The largest absolute Gasteiger partial charge is 0.496 e. The normalized spacial score (nSPS) is 34.7. The number of amides is 1. The minimum absolute atomic E-state index is 0.0383. The third-order valence-electron chi connectivity index (χ3n) is 18.1. The molecule has 4 aromatic rings. The number of anilines is 1. The molecular formula is C55H67FN6O15. The van der Waals surface area contributed by atoms with Crippen LogP contribution in [0.4, 0.5) is 10.1 Å². The molecule has 0 radical (unpaired) electrons. The summed E-state index contributed by atoms with van der Waals surface area (Å²) in [6, 6.07) is 9.97. The molecular weight excluding hydrogens is 1000 g/mol. The number of esters is 3. The molecule has 11 rings (SSSR count). The van der Waals surface area contributed by atoms with E-state index in [4.69, 9.17) is 28.8 Å². The average Bonchev–Trinajstić information content (AvgIpc) is 3.19. The van der Waals surface area contributed by atoms with Gasteiger partial charge in [0.05, 0.1) is 57.6 Å². The third kappa shape index (κ3) is 8.02. The van der Waals surface area contributed by atoms with Gasteiger partial charge in [0.25, 0.3) is 5.56 Å². The van der Waals surface area contributed by atoms with Gasteiger partial charge in [-0.15, -0.1) is 0 Å². The Kier molecular flexibility index (Phi) is 14.0.